The van der Waals surface area contributed by atoms with Crippen LogP contribution in [0.4, 0.5) is 5.69 Å². The number of amides is 1. The Morgan fingerprint density at radius 2 is 2.04 bits per heavy atom. The minimum Gasteiger partial charge on any atom is -0.474 e. The van der Waals surface area contributed by atoms with Crippen LogP contribution in [-0.4, -0.2) is 46.2 Å². The highest BCUT2D eigenvalue weighted by molar-refractivity contribution is 7.89. The fourth-order valence-electron chi connectivity index (χ4n) is 2.05. The lowest BCUT2D eigenvalue weighted by Crippen LogP contribution is -2.28. The molecule has 0 saturated carbocycles. The van der Waals surface area contributed by atoms with Crippen LogP contribution in [0.3, 0.4) is 0 Å². The Kier molecular flexibility index (Phi) is 7.99. The standard InChI is InChI=1S/C17H20ClN3O5S/c1-25-10-11-26-17-15(6-3-8-19-17)21-16(22)7-9-20-27(23,24)14-5-2-4-13(18)12-14/h2-6,8,12,20H,7,9-11H2,1H3,(H,21,22). The molecule has 8 nitrogen and oxygen atoms in total. The van der Waals surface area contributed by atoms with Gasteiger partial charge in [-0.3, -0.25) is 4.79 Å². The summed E-state index contributed by atoms with van der Waals surface area (Å²) in [4.78, 5) is 16.2. The van der Waals surface area contributed by atoms with Crippen LogP contribution in [-0.2, 0) is 19.6 Å². The molecule has 27 heavy (non-hydrogen) atoms. The number of carbonyl (C=O) groups excluding carboxylic acids is 1. The molecule has 2 N–H and O–H groups in total. The quantitative estimate of drug-likeness (QED) is 0.577. The van der Waals surface area contributed by atoms with Crippen molar-refractivity contribution in [3.05, 3.63) is 47.6 Å². The first-order valence-corrected chi connectivity index (χ1v) is 9.90. The average Bonchev–Trinajstić information content (AvgIpc) is 2.63. The van der Waals surface area contributed by atoms with E-state index in [1.54, 1.807) is 25.3 Å². The zero-order valence-corrected chi connectivity index (χ0v) is 16.2. The van der Waals surface area contributed by atoms with Gasteiger partial charge in [-0.1, -0.05) is 17.7 Å². The van der Waals surface area contributed by atoms with Crippen molar-refractivity contribution in [3.8, 4) is 5.88 Å². The molecule has 0 bridgehead atoms. The molecular weight excluding hydrogens is 394 g/mol. The summed E-state index contributed by atoms with van der Waals surface area (Å²) in [6.07, 6.45) is 1.48. The van der Waals surface area contributed by atoms with Gasteiger partial charge in [0.25, 0.3) is 0 Å². The molecular formula is C17H20ClN3O5S. The van der Waals surface area contributed by atoms with E-state index in [2.05, 4.69) is 15.0 Å². The van der Waals surface area contributed by atoms with Gasteiger partial charge in [-0.15, -0.1) is 0 Å². The number of pyridine rings is 1. The molecule has 0 aliphatic rings. The molecule has 1 amide bonds. The fraction of sp³-hybridized carbons (Fsp3) is 0.294. The van der Waals surface area contributed by atoms with Crippen LogP contribution in [0.15, 0.2) is 47.5 Å². The van der Waals surface area contributed by atoms with Crippen molar-refractivity contribution < 1.29 is 22.7 Å². The first-order chi connectivity index (χ1) is 12.9. The number of sulfonamides is 1. The van der Waals surface area contributed by atoms with Gasteiger partial charge in [-0.25, -0.2) is 18.1 Å². The molecule has 1 aromatic carbocycles. The molecule has 0 spiro atoms. The average molecular weight is 414 g/mol. The van der Waals surface area contributed by atoms with E-state index in [0.717, 1.165) is 0 Å². The van der Waals surface area contributed by atoms with E-state index in [0.29, 0.717) is 17.3 Å². The molecule has 0 unspecified atom stereocenters. The van der Waals surface area contributed by atoms with Crippen LogP contribution in [0.5, 0.6) is 5.88 Å². The number of nitrogens with zero attached hydrogens (tertiary/aromatic N) is 1. The molecule has 1 heterocycles. The highest BCUT2D eigenvalue weighted by Gasteiger charge is 2.15. The minimum absolute atomic E-state index is 0.0384. The smallest absolute Gasteiger partial charge is 0.240 e. The second-order valence-corrected chi connectivity index (χ2v) is 7.55. The van der Waals surface area contributed by atoms with Gasteiger partial charge in [-0.2, -0.15) is 0 Å². The van der Waals surface area contributed by atoms with E-state index in [4.69, 9.17) is 21.1 Å². The summed E-state index contributed by atoms with van der Waals surface area (Å²) in [5.74, 6) is -0.115. The SMILES string of the molecule is COCCOc1ncccc1NC(=O)CCNS(=O)(=O)c1cccc(Cl)c1. The molecule has 0 atom stereocenters. The third-order valence-electron chi connectivity index (χ3n) is 3.32. The van der Waals surface area contributed by atoms with Crippen molar-refractivity contribution in [1.29, 1.82) is 0 Å². The number of halogens is 1. The zero-order valence-electron chi connectivity index (χ0n) is 14.6. The van der Waals surface area contributed by atoms with Crippen molar-refractivity contribution in [3.63, 3.8) is 0 Å². The monoisotopic (exact) mass is 413 g/mol. The third kappa shape index (κ3) is 6.79. The van der Waals surface area contributed by atoms with Gasteiger partial charge in [0.2, 0.25) is 21.8 Å². The Morgan fingerprint density at radius 3 is 2.78 bits per heavy atom. The Hall–Kier alpha value is -2.20. The molecule has 10 heteroatoms. The minimum atomic E-state index is -3.74. The van der Waals surface area contributed by atoms with Crippen LogP contribution in [0.25, 0.3) is 0 Å². The molecule has 2 aromatic rings. The maximum Gasteiger partial charge on any atom is 0.240 e. The van der Waals surface area contributed by atoms with E-state index in [-0.39, 0.29) is 36.3 Å². The summed E-state index contributed by atoms with van der Waals surface area (Å²) in [6, 6.07) is 9.17. The molecule has 2 rings (SSSR count). The number of benzene rings is 1. The number of ether oxygens (including phenoxy) is 2. The summed E-state index contributed by atoms with van der Waals surface area (Å²) in [5.41, 5.74) is 0.399. The lowest BCUT2D eigenvalue weighted by molar-refractivity contribution is -0.116. The summed E-state index contributed by atoms with van der Waals surface area (Å²) >= 11 is 5.80. The van der Waals surface area contributed by atoms with Crippen LogP contribution in [0.1, 0.15) is 6.42 Å². The van der Waals surface area contributed by atoms with Gasteiger partial charge in [0.15, 0.2) is 0 Å². The number of hydrogen-bond acceptors (Lipinski definition) is 6. The van der Waals surface area contributed by atoms with Crippen LogP contribution in [0, 0.1) is 0 Å². The van der Waals surface area contributed by atoms with E-state index in [1.807, 2.05) is 0 Å². The maximum absolute atomic E-state index is 12.2. The lowest BCUT2D eigenvalue weighted by atomic mass is 10.3. The topological polar surface area (TPSA) is 107 Å². The van der Waals surface area contributed by atoms with Gasteiger partial charge in [0, 0.05) is 31.3 Å². The molecule has 0 radical (unpaired) electrons. The van der Waals surface area contributed by atoms with Gasteiger partial charge in [0.05, 0.1) is 11.5 Å². The number of methoxy groups -OCH3 is 1. The van der Waals surface area contributed by atoms with Crippen molar-refractivity contribution >= 4 is 33.2 Å². The zero-order chi connectivity index (χ0) is 19.7. The normalized spacial score (nSPS) is 11.2. The Morgan fingerprint density at radius 1 is 1.22 bits per heavy atom. The first-order valence-electron chi connectivity index (χ1n) is 8.04. The molecule has 146 valence electrons. The first kappa shape index (κ1) is 21.1. The predicted molar refractivity (Wildman–Crippen MR) is 101 cm³/mol. The van der Waals surface area contributed by atoms with Crippen molar-refractivity contribution in [2.75, 3.05) is 32.2 Å². The molecule has 0 aliphatic heterocycles. The van der Waals surface area contributed by atoms with Crippen LogP contribution >= 0.6 is 11.6 Å². The number of anilines is 1. The highest BCUT2D eigenvalue weighted by atomic mass is 35.5. The third-order valence-corrected chi connectivity index (χ3v) is 5.02. The Balaban J connectivity index is 1.88. The largest absolute Gasteiger partial charge is 0.474 e. The van der Waals surface area contributed by atoms with Crippen molar-refractivity contribution in [2.45, 2.75) is 11.3 Å². The van der Waals surface area contributed by atoms with E-state index < -0.39 is 10.0 Å². The second kappa shape index (κ2) is 10.2. The van der Waals surface area contributed by atoms with E-state index in [9.17, 15) is 13.2 Å². The van der Waals surface area contributed by atoms with Gasteiger partial charge in [0.1, 0.15) is 12.3 Å². The summed E-state index contributed by atoms with van der Waals surface area (Å²) in [5, 5.41) is 2.96. The number of aromatic nitrogens is 1. The number of hydrogen-bond donors (Lipinski definition) is 2. The van der Waals surface area contributed by atoms with Crippen molar-refractivity contribution in [1.82, 2.24) is 9.71 Å². The molecule has 0 saturated heterocycles. The molecule has 0 fully saturated rings. The Labute approximate surface area is 162 Å². The maximum atomic E-state index is 12.2. The van der Waals surface area contributed by atoms with Crippen molar-refractivity contribution in [2.24, 2.45) is 0 Å². The molecule has 0 aliphatic carbocycles. The number of carbonyl (C=O) groups is 1. The summed E-state index contributed by atoms with van der Waals surface area (Å²) < 4.78 is 37.1. The predicted octanol–water partition coefficient (Wildman–Crippen LogP) is 2.07. The lowest BCUT2D eigenvalue weighted by Gasteiger charge is -2.11. The molecule has 1 aromatic heterocycles. The number of nitrogens with one attached hydrogen (secondary N) is 2. The van der Waals surface area contributed by atoms with E-state index in [1.165, 1.54) is 24.4 Å². The van der Waals surface area contributed by atoms with Crippen LogP contribution in [0.2, 0.25) is 5.02 Å². The van der Waals surface area contributed by atoms with Gasteiger partial charge < -0.3 is 14.8 Å². The summed E-state index contributed by atoms with van der Waals surface area (Å²) in [7, 11) is -2.19. The fourth-order valence-corrected chi connectivity index (χ4v) is 3.38. The van der Waals surface area contributed by atoms with Gasteiger partial charge >= 0.3 is 0 Å². The van der Waals surface area contributed by atoms with Crippen LogP contribution < -0.4 is 14.8 Å². The van der Waals surface area contributed by atoms with E-state index >= 15 is 0 Å². The summed E-state index contributed by atoms with van der Waals surface area (Å²) in [6.45, 7) is 0.603. The number of rotatable bonds is 10. The highest BCUT2D eigenvalue weighted by Crippen LogP contribution is 2.20. The Bertz CT molecular complexity index is 876. The second-order valence-electron chi connectivity index (χ2n) is 5.35. The van der Waals surface area contributed by atoms with Gasteiger partial charge in [-0.05, 0) is 30.3 Å².